The molecule has 1 heteroatoms. The van der Waals surface area contributed by atoms with E-state index in [1.807, 2.05) is 0 Å². The van der Waals surface area contributed by atoms with E-state index in [1.54, 1.807) is 0 Å². The molecule has 0 saturated heterocycles. The number of hydrogen-bond donors (Lipinski definition) is 1. The topological polar surface area (TPSA) is 20.2 Å². The van der Waals surface area contributed by atoms with Crippen molar-refractivity contribution in [3.8, 4) is 0 Å². The summed E-state index contributed by atoms with van der Waals surface area (Å²) >= 11 is 0. The second-order valence-electron chi connectivity index (χ2n) is 4.68. The maximum Gasteiger partial charge on any atom is 0.0924 e. The molecule has 14 heavy (non-hydrogen) atoms. The molecule has 1 aromatic rings. The molecule has 1 fully saturated rings. The van der Waals surface area contributed by atoms with E-state index < -0.39 is 5.60 Å². The van der Waals surface area contributed by atoms with Crippen molar-refractivity contribution < 1.29 is 5.11 Å². The molecule has 0 aromatic heterocycles. The van der Waals surface area contributed by atoms with Crippen LogP contribution in [0.3, 0.4) is 0 Å². The summed E-state index contributed by atoms with van der Waals surface area (Å²) in [6.45, 7) is 6.30. The molecule has 76 valence electrons. The molecule has 1 aliphatic rings. The SMILES string of the molecule is Cc1ccc(C2(O)CCC2C)c(C)c1. The molecule has 2 unspecified atom stereocenters. The van der Waals surface area contributed by atoms with Crippen LogP contribution >= 0.6 is 0 Å². The molecule has 0 bridgehead atoms. The summed E-state index contributed by atoms with van der Waals surface area (Å²) < 4.78 is 0. The van der Waals surface area contributed by atoms with Gasteiger partial charge in [0.05, 0.1) is 5.60 Å². The Morgan fingerprint density at radius 2 is 2.07 bits per heavy atom. The van der Waals surface area contributed by atoms with Crippen molar-refractivity contribution >= 4 is 0 Å². The Bertz CT molecular complexity index is 356. The molecule has 1 nitrogen and oxygen atoms in total. The van der Waals surface area contributed by atoms with Gasteiger partial charge in [0.2, 0.25) is 0 Å². The smallest absolute Gasteiger partial charge is 0.0924 e. The zero-order valence-corrected chi connectivity index (χ0v) is 9.17. The zero-order valence-electron chi connectivity index (χ0n) is 9.17. The number of aliphatic hydroxyl groups is 1. The van der Waals surface area contributed by atoms with Gasteiger partial charge in [-0.25, -0.2) is 0 Å². The highest BCUT2D eigenvalue weighted by Crippen LogP contribution is 2.47. The van der Waals surface area contributed by atoms with Crippen LogP contribution in [0.5, 0.6) is 0 Å². The normalized spacial score (nSPS) is 31.3. The van der Waals surface area contributed by atoms with Crippen LogP contribution in [0.1, 0.15) is 36.5 Å². The number of hydrogen-bond acceptors (Lipinski definition) is 1. The standard InChI is InChI=1S/C13H18O/c1-9-4-5-12(10(2)8-9)13(14)7-6-11(13)3/h4-5,8,11,14H,6-7H2,1-3H3. The fraction of sp³-hybridized carbons (Fsp3) is 0.538. The van der Waals surface area contributed by atoms with E-state index in [2.05, 4.69) is 39.0 Å². The Balaban J connectivity index is 2.41. The molecule has 1 aromatic carbocycles. The second kappa shape index (κ2) is 3.09. The second-order valence-corrected chi connectivity index (χ2v) is 4.68. The van der Waals surface area contributed by atoms with E-state index in [-0.39, 0.29) is 0 Å². The lowest BCUT2D eigenvalue weighted by Gasteiger charge is -2.44. The molecule has 1 N–H and O–H groups in total. The molecule has 1 saturated carbocycles. The van der Waals surface area contributed by atoms with Gasteiger partial charge in [-0.2, -0.15) is 0 Å². The average molecular weight is 190 g/mol. The molecular weight excluding hydrogens is 172 g/mol. The van der Waals surface area contributed by atoms with Crippen LogP contribution in [0, 0.1) is 19.8 Å². The molecule has 0 heterocycles. The molecule has 1 aliphatic carbocycles. The minimum atomic E-state index is -0.544. The molecule has 0 spiro atoms. The van der Waals surface area contributed by atoms with Crippen molar-refractivity contribution in [3.05, 3.63) is 34.9 Å². The summed E-state index contributed by atoms with van der Waals surface area (Å²) in [6, 6.07) is 6.32. The maximum atomic E-state index is 10.4. The first kappa shape index (κ1) is 9.72. The Hall–Kier alpha value is -0.820. The van der Waals surface area contributed by atoms with Gasteiger partial charge < -0.3 is 5.11 Å². The van der Waals surface area contributed by atoms with Crippen LogP contribution in [0.2, 0.25) is 0 Å². The first-order valence-electron chi connectivity index (χ1n) is 5.34. The lowest BCUT2D eigenvalue weighted by atomic mass is 9.66. The van der Waals surface area contributed by atoms with Crippen LogP contribution in [0.15, 0.2) is 18.2 Å². The highest BCUT2D eigenvalue weighted by molar-refractivity contribution is 5.36. The zero-order chi connectivity index (χ0) is 10.3. The van der Waals surface area contributed by atoms with Crippen LogP contribution in [0.25, 0.3) is 0 Å². The van der Waals surface area contributed by atoms with Crippen molar-refractivity contribution in [3.63, 3.8) is 0 Å². The molecule has 0 radical (unpaired) electrons. The summed E-state index contributed by atoms with van der Waals surface area (Å²) in [7, 11) is 0. The van der Waals surface area contributed by atoms with Gasteiger partial charge in [0.25, 0.3) is 0 Å². The van der Waals surface area contributed by atoms with Crippen LogP contribution in [-0.2, 0) is 5.60 Å². The quantitative estimate of drug-likeness (QED) is 0.722. The highest BCUT2D eigenvalue weighted by Gasteiger charge is 2.44. The third-order valence-corrected chi connectivity index (χ3v) is 3.62. The lowest BCUT2D eigenvalue weighted by molar-refractivity contribution is -0.0935. The summed E-state index contributed by atoms with van der Waals surface area (Å²) in [5.41, 5.74) is 3.07. The van der Waals surface area contributed by atoms with Gasteiger partial charge in [-0.05, 0) is 43.7 Å². The molecule has 0 aliphatic heterocycles. The third kappa shape index (κ3) is 1.27. The average Bonchev–Trinajstić information content (AvgIpc) is 2.14. The van der Waals surface area contributed by atoms with E-state index in [0.717, 1.165) is 18.4 Å². The Kier molecular flexibility index (Phi) is 2.15. The summed E-state index contributed by atoms with van der Waals surface area (Å²) in [5, 5.41) is 10.4. The van der Waals surface area contributed by atoms with E-state index in [1.165, 1.54) is 11.1 Å². The first-order chi connectivity index (χ1) is 6.54. The van der Waals surface area contributed by atoms with Crippen molar-refractivity contribution in [2.75, 3.05) is 0 Å². The molecule has 2 rings (SSSR count). The minimum absolute atomic E-state index is 0.406. The van der Waals surface area contributed by atoms with Crippen molar-refractivity contribution in [2.45, 2.75) is 39.2 Å². The summed E-state index contributed by atoms with van der Waals surface area (Å²) in [6.07, 6.45) is 2.06. The number of benzene rings is 1. The van der Waals surface area contributed by atoms with E-state index in [4.69, 9.17) is 0 Å². The minimum Gasteiger partial charge on any atom is -0.385 e. The maximum absolute atomic E-state index is 10.4. The molecule has 0 amide bonds. The largest absolute Gasteiger partial charge is 0.385 e. The number of rotatable bonds is 1. The van der Waals surface area contributed by atoms with Gasteiger partial charge in [-0.1, -0.05) is 30.7 Å². The third-order valence-electron chi connectivity index (χ3n) is 3.62. The summed E-state index contributed by atoms with van der Waals surface area (Å²) in [5.74, 6) is 0.406. The fourth-order valence-electron chi connectivity index (χ4n) is 2.41. The Morgan fingerprint density at radius 3 is 2.50 bits per heavy atom. The lowest BCUT2D eigenvalue weighted by Crippen LogP contribution is -2.43. The first-order valence-corrected chi connectivity index (χ1v) is 5.34. The van der Waals surface area contributed by atoms with Crippen LogP contribution < -0.4 is 0 Å². The van der Waals surface area contributed by atoms with E-state index in [0.29, 0.717) is 5.92 Å². The fourth-order valence-corrected chi connectivity index (χ4v) is 2.41. The monoisotopic (exact) mass is 190 g/mol. The predicted molar refractivity (Wildman–Crippen MR) is 58.2 cm³/mol. The van der Waals surface area contributed by atoms with Gasteiger partial charge in [0.1, 0.15) is 0 Å². The van der Waals surface area contributed by atoms with Gasteiger partial charge >= 0.3 is 0 Å². The van der Waals surface area contributed by atoms with Crippen LogP contribution in [-0.4, -0.2) is 5.11 Å². The number of aryl methyl sites for hydroxylation is 2. The van der Waals surface area contributed by atoms with Gasteiger partial charge in [0.15, 0.2) is 0 Å². The molecular formula is C13H18O. The van der Waals surface area contributed by atoms with E-state index in [9.17, 15) is 5.11 Å². The van der Waals surface area contributed by atoms with Crippen molar-refractivity contribution in [1.29, 1.82) is 0 Å². The van der Waals surface area contributed by atoms with Crippen LogP contribution in [0.4, 0.5) is 0 Å². The van der Waals surface area contributed by atoms with E-state index >= 15 is 0 Å². The van der Waals surface area contributed by atoms with Gasteiger partial charge in [-0.15, -0.1) is 0 Å². The van der Waals surface area contributed by atoms with Crippen molar-refractivity contribution in [1.82, 2.24) is 0 Å². The Labute approximate surface area is 85.8 Å². The van der Waals surface area contributed by atoms with Gasteiger partial charge in [-0.3, -0.25) is 0 Å². The van der Waals surface area contributed by atoms with Crippen molar-refractivity contribution in [2.24, 2.45) is 5.92 Å². The highest BCUT2D eigenvalue weighted by atomic mass is 16.3. The Morgan fingerprint density at radius 1 is 1.36 bits per heavy atom. The summed E-state index contributed by atoms with van der Waals surface area (Å²) in [4.78, 5) is 0. The predicted octanol–water partition coefficient (Wildman–Crippen LogP) is 2.92. The van der Waals surface area contributed by atoms with Gasteiger partial charge in [0, 0.05) is 0 Å². The molecule has 2 atom stereocenters.